The van der Waals surface area contributed by atoms with Crippen LogP contribution in [0.1, 0.15) is 12.8 Å². The predicted molar refractivity (Wildman–Crippen MR) is 77.1 cm³/mol. The van der Waals surface area contributed by atoms with Crippen LogP contribution in [0.5, 0.6) is 0 Å². The molecular weight excluding hydrogens is 334 g/mol. The van der Waals surface area contributed by atoms with Crippen molar-refractivity contribution >= 4 is 30.7 Å². The number of rotatable bonds is 3. The summed E-state index contributed by atoms with van der Waals surface area (Å²) in [7, 11) is 0. The molecule has 4 heteroatoms. The van der Waals surface area contributed by atoms with E-state index in [1.165, 1.54) is 12.8 Å². The van der Waals surface area contributed by atoms with E-state index < -0.39 is 26.8 Å². The van der Waals surface area contributed by atoms with Crippen LogP contribution in [0, 0.1) is 0 Å². The zero-order chi connectivity index (χ0) is 9.97. The number of hydrogen-bond acceptors (Lipinski definition) is 0. The van der Waals surface area contributed by atoms with Gasteiger partial charge < -0.3 is 0 Å². The molecule has 0 aromatic rings. The molecule has 0 atom stereocenters. The fourth-order valence-corrected chi connectivity index (χ4v) is 19.7. The molecule has 2 aliphatic rings. The van der Waals surface area contributed by atoms with E-state index in [0.717, 1.165) is 0 Å². The SMILES string of the molecule is Cl.Cl.[CH3][Zr]([CH3])[SiH](C1=CC=CC1)C1=CC=CC1. The molecular formula is C12H19Cl2SiZr. The summed E-state index contributed by atoms with van der Waals surface area (Å²) >= 11 is -1.02. The molecule has 0 radical (unpaired) electrons. The van der Waals surface area contributed by atoms with Gasteiger partial charge in [0.25, 0.3) is 0 Å². The third kappa shape index (κ3) is 3.84. The van der Waals surface area contributed by atoms with Gasteiger partial charge in [-0.3, -0.25) is 0 Å². The van der Waals surface area contributed by atoms with E-state index in [2.05, 4.69) is 45.7 Å². The molecule has 0 bridgehead atoms. The molecule has 0 aromatic heterocycles. The number of hydrogen-bond donors (Lipinski definition) is 0. The molecule has 89 valence electrons. The Bertz CT molecular complexity index is 313. The van der Waals surface area contributed by atoms with Crippen molar-refractivity contribution in [3.63, 3.8) is 0 Å². The summed E-state index contributed by atoms with van der Waals surface area (Å²) in [5.74, 6) is -0.618. The quantitative estimate of drug-likeness (QED) is 0.670. The standard InChI is InChI=1S/C10H11Si.2CH3.2ClH.Zr/c1-2-6-9(5-1)11-10-7-3-4-8-10;;;;;/h1-5,7,11H,6,8H2;2*1H3;2*1H;. The summed E-state index contributed by atoms with van der Waals surface area (Å²) in [6, 6.07) is 0. The van der Waals surface area contributed by atoms with Gasteiger partial charge in [0.2, 0.25) is 0 Å². The van der Waals surface area contributed by atoms with Crippen molar-refractivity contribution in [3.8, 4) is 0 Å². The Balaban J connectivity index is 0.00000112. The van der Waals surface area contributed by atoms with Crippen LogP contribution in [0.15, 0.2) is 46.8 Å². The van der Waals surface area contributed by atoms with Crippen LogP contribution in [0.4, 0.5) is 0 Å². The van der Waals surface area contributed by atoms with Gasteiger partial charge in [-0.25, -0.2) is 0 Å². The zero-order valence-electron chi connectivity index (χ0n) is 9.77. The average Bonchev–Trinajstić information content (AvgIpc) is 2.75. The third-order valence-corrected chi connectivity index (χ3v) is 20.4. The molecule has 0 nitrogen and oxygen atoms in total. The van der Waals surface area contributed by atoms with Crippen LogP contribution < -0.4 is 0 Å². The van der Waals surface area contributed by atoms with Crippen LogP contribution in [-0.4, -0.2) is 5.92 Å². The molecule has 0 spiro atoms. The molecule has 16 heavy (non-hydrogen) atoms. The maximum absolute atomic E-state index is 2.58. The van der Waals surface area contributed by atoms with E-state index in [1.54, 1.807) is 0 Å². The van der Waals surface area contributed by atoms with Gasteiger partial charge in [-0.05, 0) is 0 Å². The van der Waals surface area contributed by atoms with Crippen molar-refractivity contribution in [2.45, 2.75) is 22.1 Å². The van der Waals surface area contributed by atoms with Crippen LogP contribution in [0.3, 0.4) is 0 Å². The molecule has 2 aliphatic carbocycles. The van der Waals surface area contributed by atoms with Gasteiger partial charge in [-0.15, -0.1) is 24.8 Å². The van der Waals surface area contributed by atoms with Crippen LogP contribution >= 0.6 is 24.8 Å². The van der Waals surface area contributed by atoms with Crippen LogP contribution in [-0.2, 0) is 20.9 Å². The van der Waals surface area contributed by atoms with E-state index in [4.69, 9.17) is 0 Å². The van der Waals surface area contributed by atoms with E-state index >= 15 is 0 Å². The van der Waals surface area contributed by atoms with Gasteiger partial charge in [0.05, 0.1) is 0 Å². The van der Waals surface area contributed by atoms with Gasteiger partial charge in [0, 0.05) is 0 Å². The van der Waals surface area contributed by atoms with Crippen LogP contribution in [0.25, 0.3) is 0 Å². The Morgan fingerprint density at radius 2 is 1.38 bits per heavy atom. The molecule has 0 amide bonds. The van der Waals surface area contributed by atoms with E-state index in [-0.39, 0.29) is 24.8 Å². The zero-order valence-corrected chi connectivity index (χ0v) is 15.0. The Morgan fingerprint density at radius 3 is 1.62 bits per heavy atom. The van der Waals surface area contributed by atoms with Gasteiger partial charge in [0.15, 0.2) is 0 Å². The molecule has 0 saturated carbocycles. The fraction of sp³-hybridized carbons (Fsp3) is 0.333. The molecule has 0 saturated heterocycles. The summed E-state index contributed by atoms with van der Waals surface area (Å²) < 4.78 is 5.16. The minimum absolute atomic E-state index is 0. The summed E-state index contributed by atoms with van der Waals surface area (Å²) in [6.45, 7) is 0. The van der Waals surface area contributed by atoms with Gasteiger partial charge >= 0.3 is 95.8 Å². The first-order valence-corrected chi connectivity index (χ1v) is 16.2. The van der Waals surface area contributed by atoms with Crippen molar-refractivity contribution in [2.24, 2.45) is 0 Å². The molecule has 2 rings (SSSR count). The average molecular weight is 354 g/mol. The second-order valence-electron chi connectivity index (χ2n) is 4.26. The number of halogens is 2. The second kappa shape index (κ2) is 7.87. The Labute approximate surface area is 120 Å². The minimum atomic E-state index is -1.02. The van der Waals surface area contributed by atoms with Gasteiger partial charge in [0.1, 0.15) is 0 Å². The summed E-state index contributed by atoms with van der Waals surface area (Å²) in [4.78, 5) is 0. The molecule has 0 aliphatic heterocycles. The van der Waals surface area contributed by atoms with Crippen molar-refractivity contribution in [1.82, 2.24) is 0 Å². The first kappa shape index (κ1) is 16.6. The molecule has 0 fully saturated rings. The van der Waals surface area contributed by atoms with E-state index in [9.17, 15) is 0 Å². The Hall–Kier alpha value is 0.640. The van der Waals surface area contributed by atoms with Crippen molar-refractivity contribution in [2.75, 3.05) is 0 Å². The van der Waals surface area contributed by atoms with E-state index in [0.29, 0.717) is 0 Å². The maximum atomic E-state index is 2.58. The Morgan fingerprint density at radius 1 is 0.938 bits per heavy atom. The molecule has 0 N–H and O–H groups in total. The monoisotopic (exact) mass is 351 g/mol. The fourth-order valence-electron chi connectivity index (χ4n) is 2.34. The van der Waals surface area contributed by atoms with Gasteiger partial charge in [-0.2, -0.15) is 0 Å². The van der Waals surface area contributed by atoms with E-state index in [1.807, 2.05) is 10.4 Å². The summed E-state index contributed by atoms with van der Waals surface area (Å²) in [5, 5.41) is 3.64. The second-order valence-corrected chi connectivity index (χ2v) is 23.0. The first-order valence-electron chi connectivity index (χ1n) is 5.30. The number of allylic oxidation sites excluding steroid dienone is 8. The third-order valence-electron chi connectivity index (χ3n) is 2.92. The molecule has 0 unspecified atom stereocenters. The van der Waals surface area contributed by atoms with Gasteiger partial charge in [-0.1, -0.05) is 0 Å². The first-order chi connectivity index (χ1) is 6.79. The summed E-state index contributed by atoms with van der Waals surface area (Å²) in [6.07, 6.45) is 16.5. The van der Waals surface area contributed by atoms with Crippen LogP contribution in [0.2, 0.25) is 9.26 Å². The Kier molecular flexibility index (Phi) is 8.18. The molecule has 0 aromatic carbocycles. The normalized spacial score (nSPS) is 16.7. The van der Waals surface area contributed by atoms with Crippen molar-refractivity contribution < 1.29 is 20.9 Å². The summed E-state index contributed by atoms with van der Waals surface area (Å²) in [5.41, 5.74) is 0. The predicted octanol–water partition coefficient (Wildman–Crippen LogP) is 4.12. The van der Waals surface area contributed by atoms with Crippen molar-refractivity contribution in [1.29, 1.82) is 0 Å². The topological polar surface area (TPSA) is 0 Å². The van der Waals surface area contributed by atoms with Crippen molar-refractivity contribution in [3.05, 3.63) is 46.8 Å². The molecule has 0 heterocycles.